The summed E-state index contributed by atoms with van der Waals surface area (Å²) in [4.78, 5) is 23.9. The quantitative estimate of drug-likeness (QED) is 0.199. The van der Waals surface area contributed by atoms with Gasteiger partial charge in [0, 0.05) is 6.42 Å². The molecule has 9 heteroatoms. The number of benzene rings is 2. The van der Waals surface area contributed by atoms with Crippen LogP contribution >= 0.6 is 0 Å². The van der Waals surface area contributed by atoms with Gasteiger partial charge in [-0.3, -0.25) is 0 Å². The zero-order chi connectivity index (χ0) is 18.6. The molecule has 6 N–H and O–H groups in total. The predicted octanol–water partition coefficient (Wildman–Crippen LogP) is 0.782. The molecule has 132 valence electrons. The zero-order valence-corrected chi connectivity index (χ0v) is 12.7. The van der Waals surface area contributed by atoms with Crippen LogP contribution in [-0.2, 0) is 16.0 Å². The minimum absolute atomic E-state index is 0.0296. The lowest BCUT2D eigenvalue weighted by molar-refractivity contribution is -0.143. The lowest BCUT2D eigenvalue weighted by Crippen LogP contribution is -2.38. The zero-order valence-electron chi connectivity index (χ0n) is 12.7. The van der Waals surface area contributed by atoms with Crippen LogP contribution in [0.5, 0.6) is 23.0 Å². The van der Waals surface area contributed by atoms with E-state index < -0.39 is 35.2 Å². The number of carbonyl (C=O) groups is 2. The largest absolute Gasteiger partial charge is 0.508 e. The van der Waals surface area contributed by atoms with E-state index in [1.165, 1.54) is 24.3 Å². The summed E-state index contributed by atoms with van der Waals surface area (Å²) in [5.41, 5.74) is 1.93. The molecule has 0 heterocycles. The van der Waals surface area contributed by atoms with Crippen LogP contribution in [0.2, 0.25) is 0 Å². The standard InChI is InChI=1S/C16H15NO8/c18-10-3-1-8(2-4-10)5-11(17-24)16(23)25-15(22)9-6-12(19)14(21)13(20)7-9/h1-4,6-7,11,17-21,24H,5H2. The van der Waals surface area contributed by atoms with Crippen LogP contribution in [0.15, 0.2) is 36.4 Å². The van der Waals surface area contributed by atoms with E-state index in [0.717, 1.165) is 12.1 Å². The average Bonchev–Trinajstić information content (AvgIpc) is 2.58. The number of phenols is 4. The van der Waals surface area contributed by atoms with Gasteiger partial charge in [-0.25, -0.2) is 9.59 Å². The van der Waals surface area contributed by atoms with Gasteiger partial charge < -0.3 is 30.4 Å². The second-order valence-corrected chi connectivity index (χ2v) is 5.12. The molecule has 0 radical (unpaired) electrons. The molecular formula is C16H15NO8. The topological polar surface area (TPSA) is 157 Å². The van der Waals surface area contributed by atoms with Crippen molar-refractivity contribution in [1.29, 1.82) is 0 Å². The van der Waals surface area contributed by atoms with E-state index in [0.29, 0.717) is 5.56 Å². The summed E-state index contributed by atoms with van der Waals surface area (Å²) in [6, 6.07) is 6.17. The first-order valence-electron chi connectivity index (χ1n) is 7.00. The summed E-state index contributed by atoms with van der Waals surface area (Å²) in [6.07, 6.45) is -0.0328. The van der Waals surface area contributed by atoms with Gasteiger partial charge in [0.1, 0.15) is 11.8 Å². The third kappa shape index (κ3) is 4.37. The molecule has 9 nitrogen and oxygen atoms in total. The number of ether oxygens (including phenoxy) is 1. The number of carbonyl (C=O) groups excluding carboxylic acids is 2. The van der Waals surface area contributed by atoms with Gasteiger partial charge >= 0.3 is 11.9 Å². The molecule has 0 saturated heterocycles. The molecule has 1 atom stereocenters. The number of aromatic hydroxyl groups is 4. The molecule has 0 amide bonds. The Morgan fingerprint density at radius 1 is 1.00 bits per heavy atom. The van der Waals surface area contributed by atoms with E-state index in [9.17, 15) is 30.0 Å². The van der Waals surface area contributed by atoms with Gasteiger partial charge in [-0.1, -0.05) is 12.1 Å². The van der Waals surface area contributed by atoms with Crippen molar-refractivity contribution < 1.29 is 40.0 Å². The Bertz CT molecular complexity index is 764. The summed E-state index contributed by atoms with van der Waals surface area (Å²) in [6.45, 7) is 0. The molecule has 0 spiro atoms. The molecule has 0 aliphatic heterocycles. The first-order valence-corrected chi connectivity index (χ1v) is 7.00. The molecular weight excluding hydrogens is 334 g/mol. The third-order valence-corrected chi connectivity index (χ3v) is 3.32. The lowest BCUT2D eigenvalue weighted by Gasteiger charge is -2.13. The average molecular weight is 349 g/mol. The van der Waals surface area contributed by atoms with Crippen molar-refractivity contribution in [1.82, 2.24) is 5.48 Å². The summed E-state index contributed by atoms with van der Waals surface area (Å²) in [5, 5.41) is 46.2. The van der Waals surface area contributed by atoms with Crippen molar-refractivity contribution in [3.05, 3.63) is 47.5 Å². The van der Waals surface area contributed by atoms with E-state index in [-0.39, 0.29) is 17.7 Å². The van der Waals surface area contributed by atoms with E-state index in [2.05, 4.69) is 4.74 Å². The number of hydrogen-bond acceptors (Lipinski definition) is 9. The van der Waals surface area contributed by atoms with Crippen molar-refractivity contribution in [2.75, 3.05) is 0 Å². The molecule has 0 fully saturated rings. The van der Waals surface area contributed by atoms with Crippen LogP contribution in [0.4, 0.5) is 0 Å². The van der Waals surface area contributed by atoms with Gasteiger partial charge in [-0.2, -0.15) is 5.48 Å². The number of rotatable bonds is 5. The molecule has 2 rings (SSSR count). The monoisotopic (exact) mass is 349 g/mol. The highest BCUT2D eigenvalue weighted by Gasteiger charge is 2.24. The van der Waals surface area contributed by atoms with Crippen molar-refractivity contribution >= 4 is 11.9 Å². The SMILES string of the molecule is O=C(OC(=O)C(Cc1ccc(O)cc1)NO)c1cc(O)c(O)c(O)c1. The Kier molecular flexibility index (Phi) is 5.42. The maximum Gasteiger partial charge on any atom is 0.346 e. The normalized spacial score (nSPS) is 11.7. The Balaban J connectivity index is 2.08. The summed E-state index contributed by atoms with van der Waals surface area (Å²) in [5.74, 6) is -4.61. The Morgan fingerprint density at radius 3 is 2.08 bits per heavy atom. The second kappa shape index (κ2) is 7.51. The highest BCUT2D eigenvalue weighted by molar-refractivity contribution is 5.99. The maximum atomic E-state index is 12.0. The molecule has 0 saturated carbocycles. The smallest absolute Gasteiger partial charge is 0.346 e. The fraction of sp³-hybridized carbons (Fsp3) is 0.125. The van der Waals surface area contributed by atoms with E-state index >= 15 is 0 Å². The number of hydroxylamine groups is 1. The minimum atomic E-state index is -1.27. The predicted molar refractivity (Wildman–Crippen MR) is 82.4 cm³/mol. The van der Waals surface area contributed by atoms with E-state index in [1.807, 2.05) is 0 Å². The van der Waals surface area contributed by atoms with E-state index in [1.54, 1.807) is 5.48 Å². The van der Waals surface area contributed by atoms with Gasteiger partial charge in [0.25, 0.3) is 0 Å². The molecule has 0 aliphatic carbocycles. The second-order valence-electron chi connectivity index (χ2n) is 5.12. The van der Waals surface area contributed by atoms with Gasteiger partial charge in [-0.15, -0.1) is 0 Å². The van der Waals surface area contributed by atoms with Gasteiger partial charge in [0.05, 0.1) is 5.56 Å². The number of nitrogens with one attached hydrogen (secondary N) is 1. The van der Waals surface area contributed by atoms with Crippen molar-refractivity contribution in [2.24, 2.45) is 0 Å². The van der Waals surface area contributed by atoms with Crippen LogP contribution < -0.4 is 5.48 Å². The Hall–Kier alpha value is -3.30. The molecule has 2 aromatic carbocycles. The Morgan fingerprint density at radius 2 is 1.56 bits per heavy atom. The van der Waals surface area contributed by atoms with Crippen LogP contribution in [0.3, 0.4) is 0 Å². The molecule has 0 bridgehead atoms. The molecule has 0 aromatic heterocycles. The summed E-state index contributed by atoms with van der Waals surface area (Å²) >= 11 is 0. The highest BCUT2D eigenvalue weighted by atomic mass is 16.6. The van der Waals surface area contributed by atoms with Crippen LogP contribution in [0.1, 0.15) is 15.9 Å². The van der Waals surface area contributed by atoms with Crippen LogP contribution in [-0.4, -0.2) is 43.6 Å². The fourth-order valence-electron chi connectivity index (χ4n) is 1.99. The number of phenolic OH excluding ortho intramolecular Hbond substituents is 4. The fourth-order valence-corrected chi connectivity index (χ4v) is 1.99. The van der Waals surface area contributed by atoms with Crippen molar-refractivity contribution in [3.8, 4) is 23.0 Å². The van der Waals surface area contributed by atoms with Gasteiger partial charge in [-0.05, 0) is 29.8 Å². The van der Waals surface area contributed by atoms with E-state index in [4.69, 9.17) is 5.21 Å². The molecule has 0 aliphatic rings. The molecule has 2 aromatic rings. The van der Waals surface area contributed by atoms with Gasteiger partial charge in [0.15, 0.2) is 17.2 Å². The van der Waals surface area contributed by atoms with Crippen LogP contribution in [0, 0.1) is 0 Å². The first kappa shape index (κ1) is 18.0. The molecule has 1 unspecified atom stereocenters. The van der Waals surface area contributed by atoms with Gasteiger partial charge in [0.2, 0.25) is 0 Å². The van der Waals surface area contributed by atoms with Crippen molar-refractivity contribution in [3.63, 3.8) is 0 Å². The Labute approximate surface area is 141 Å². The number of hydrogen-bond donors (Lipinski definition) is 6. The summed E-state index contributed by atoms with van der Waals surface area (Å²) in [7, 11) is 0. The maximum absolute atomic E-state index is 12.0. The number of esters is 2. The minimum Gasteiger partial charge on any atom is -0.508 e. The van der Waals surface area contributed by atoms with Crippen LogP contribution in [0.25, 0.3) is 0 Å². The third-order valence-electron chi connectivity index (χ3n) is 3.32. The first-order chi connectivity index (χ1) is 11.8. The highest BCUT2D eigenvalue weighted by Crippen LogP contribution is 2.35. The lowest BCUT2D eigenvalue weighted by atomic mass is 10.1. The molecule has 25 heavy (non-hydrogen) atoms. The summed E-state index contributed by atoms with van der Waals surface area (Å²) < 4.78 is 4.58. The van der Waals surface area contributed by atoms with Crippen molar-refractivity contribution in [2.45, 2.75) is 12.5 Å².